The summed E-state index contributed by atoms with van der Waals surface area (Å²) in [7, 11) is 0. The maximum absolute atomic E-state index is 10.9. The number of hydrogen-bond donors (Lipinski definition) is 1. The lowest BCUT2D eigenvalue weighted by Crippen LogP contribution is -2.27. The molecular formula is C7H13NO. The Hall–Kier alpha value is -0.370. The molecule has 0 aliphatic carbocycles. The quantitative estimate of drug-likeness (QED) is 0.558. The van der Waals surface area contributed by atoms with E-state index in [1.807, 2.05) is 6.92 Å². The zero-order valence-electron chi connectivity index (χ0n) is 6.03. The topological polar surface area (TPSA) is 29.1 Å². The van der Waals surface area contributed by atoms with E-state index in [0.717, 1.165) is 19.5 Å². The molecule has 52 valence electrons. The highest BCUT2D eigenvalue weighted by molar-refractivity contribution is 5.82. The normalized spacial score (nSPS) is 34.9. The van der Waals surface area contributed by atoms with E-state index < -0.39 is 0 Å². The van der Waals surface area contributed by atoms with Gasteiger partial charge in [-0.3, -0.25) is 4.79 Å². The van der Waals surface area contributed by atoms with Gasteiger partial charge in [0.05, 0.1) is 0 Å². The molecule has 1 heterocycles. The van der Waals surface area contributed by atoms with Crippen LogP contribution >= 0.6 is 0 Å². The van der Waals surface area contributed by atoms with Crippen molar-refractivity contribution in [2.45, 2.75) is 20.3 Å². The summed E-state index contributed by atoms with van der Waals surface area (Å²) in [6, 6.07) is 0. The number of rotatable bonds is 1. The monoisotopic (exact) mass is 127 g/mol. The fourth-order valence-electron chi connectivity index (χ4n) is 1.12. The Morgan fingerprint density at radius 1 is 1.67 bits per heavy atom. The molecule has 1 aliphatic heterocycles. The van der Waals surface area contributed by atoms with Crippen molar-refractivity contribution in [3.63, 3.8) is 0 Å². The van der Waals surface area contributed by atoms with Gasteiger partial charge in [-0.15, -0.1) is 0 Å². The van der Waals surface area contributed by atoms with Crippen LogP contribution in [0.1, 0.15) is 20.3 Å². The van der Waals surface area contributed by atoms with Crippen LogP contribution < -0.4 is 5.32 Å². The molecule has 0 spiro atoms. The smallest absolute Gasteiger partial charge is 0.137 e. The first-order valence-corrected chi connectivity index (χ1v) is 3.37. The van der Waals surface area contributed by atoms with Gasteiger partial charge in [0.15, 0.2) is 0 Å². The highest BCUT2D eigenvalue weighted by Gasteiger charge is 2.32. The molecule has 0 aromatic carbocycles. The first-order valence-electron chi connectivity index (χ1n) is 3.37. The molecule has 2 nitrogen and oxygen atoms in total. The molecule has 1 saturated heterocycles. The molecule has 0 bridgehead atoms. The maximum atomic E-state index is 10.9. The molecule has 0 radical (unpaired) electrons. The van der Waals surface area contributed by atoms with E-state index in [1.54, 1.807) is 6.92 Å². The van der Waals surface area contributed by atoms with Crippen LogP contribution in [0.3, 0.4) is 0 Å². The number of Topliss-reactive ketones (excluding diaryl/α,β-unsaturated/α-hetero) is 1. The van der Waals surface area contributed by atoms with Crippen LogP contribution in [0.4, 0.5) is 0 Å². The van der Waals surface area contributed by atoms with Crippen molar-refractivity contribution in [1.82, 2.24) is 5.32 Å². The maximum Gasteiger partial charge on any atom is 0.137 e. The summed E-state index contributed by atoms with van der Waals surface area (Å²) >= 11 is 0. The van der Waals surface area contributed by atoms with Crippen LogP contribution in [0.15, 0.2) is 0 Å². The Bertz CT molecular complexity index is 125. The van der Waals surface area contributed by atoms with E-state index in [0.29, 0.717) is 5.78 Å². The van der Waals surface area contributed by atoms with Gasteiger partial charge >= 0.3 is 0 Å². The van der Waals surface area contributed by atoms with E-state index in [2.05, 4.69) is 5.32 Å². The molecule has 1 N–H and O–H groups in total. The van der Waals surface area contributed by atoms with Gasteiger partial charge in [0, 0.05) is 12.0 Å². The predicted molar refractivity (Wildman–Crippen MR) is 36.3 cm³/mol. The van der Waals surface area contributed by atoms with Gasteiger partial charge in [0.25, 0.3) is 0 Å². The van der Waals surface area contributed by atoms with Gasteiger partial charge in [-0.05, 0) is 19.9 Å². The molecule has 1 aliphatic rings. The van der Waals surface area contributed by atoms with Crippen molar-refractivity contribution in [2.24, 2.45) is 5.41 Å². The van der Waals surface area contributed by atoms with Crippen LogP contribution in [0, 0.1) is 5.41 Å². The summed E-state index contributed by atoms with van der Waals surface area (Å²) in [5.41, 5.74) is -0.0556. The molecule has 9 heavy (non-hydrogen) atoms. The third kappa shape index (κ3) is 1.13. The van der Waals surface area contributed by atoms with Crippen LogP contribution in [-0.2, 0) is 4.79 Å². The van der Waals surface area contributed by atoms with Crippen molar-refractivity contribution >= 4 is 5.78 Å². The Balaban J connectivity index is 2.61. The number of hydrogen-bond acceptors (Lipinski definition) is 2. The number of carbonyl (C=O) groups excluding carboxylic acids is 1. The van der Waals surface area contributed by atoms with Crippen LogP contribution in [0.2, 0.25) is 0 Å². The second-order valence-electron chi connectivity index (χ2n) is 3.04. The molecule has 1 atom stereocenters. The molecule has 0 saturated carbocycles. The highest BCUT2D eigenvalue weighted by Crippen LogP contribution is 2.24. The van der Waals surface area contributed by atoms with Gasteiger partial charge in [-0.25, -0.2) is 0 Å². The van der Waals surface area contributed by atoms with Crippen molar-refractivity contribution in [3.05, 3.63) is 0 Å². The second-order valence-corrected chi connectivity index (χ2v) is 3.04. The Morgan fingerprint density at radius 3 is 2.56 bits per heavy atom. The van der Waals surface area contributed by atoms with Crippen LogP contribution in [0.25, 0.3) is 0 Å². The van der Waals surface area contributed by atoms with Crippen molar-refractivity contribution in [1.29, 1.82) is 0 Å². The summed E-state index contributed by atoms with van der Waals surface area (Å²) < 4.78 is 0. The number of nitrogens with one attached hydrogen (secondary N) is 1. The second kappa shape index (κ2) is 2.10. The van der Waals surface area contributed by atoms with E-state index in [1.165, 1.54) is 0 Å². The standard InChI is InChI=1S/C7H13NO/c1-6(9)7(2)3-4-8-5-7/h8H,3-5H2,1-2H3. The predicted octanol–water partition coefficient (Wildman–Crippen LogP) is 0.575. The molecule has 0 amide bonds. The van der Waals surface area contributed by atoms with Crippen LogP contribution in [-0.4, -0.2) is 18.9 Å². The van der Waals surface area contributed by atoms with E-state index in [4.69, 9.17) is 0 Å². The molecular weight excluding hydrogens is 114 g/mol. The zero-order chi connectivity index (χ0) is 6.91. The third-order valence-electron chi connectivity index (χ3n) is 2.22. The summed E-state index contributed by atoms with van der Waals surface area (Å²) in [4.78, 5) is 10.9. The van der Waals surface area contributed by atoms with Crippen molar-refractivity contribution < 1.29 is 4.79 Å². The average molecular weight is 127 g/mol. The first kappa shape index (κ1) is 6.75. The molecule has 0 aromatic rings. The highest BCUT2D eigenvalue weighted by atomic mass is 16.1. The molecule has 0 aromatic heterocycles. The zero-order valence-corrected chi connectivity index (χ0v) is 6.03. The Morgan fingerprint density at radius 2 is 2.33 bits per heavy atom. The SMILES string of the molecule is CC(=O)C1(C)CCNC1. The van der Waals surface area contributed by atoms with Crippen molar-refractivity contribution in [3.8, 4) is 0 Å². The van der Waals surface area contributed by atoms with Crippen LogP contribution in [0.5, 0.6) is 0 Å². The lowest BCUT2D eigenvalue weighted by Gasteiger charge is -2.17. The largest absolute Gasteiger partial charge is 0.316 e. The molecule has 1 fully saturated rings. The number of carbonyl (C=O) groups is 1. The summed E-state index contributed by atoms with van der Waals surface area (Å²) in [5, 5.41) is 3.17. The molecule has 1 rings (SSSR count). The van der Waals surface area contributed by atoms with Gasteiger partial charge in [0.2, 0.25) is 0 Å². The summed E-state index contributed by atoms with van der Waals surface area (Å²) in [6.45, 7) is 5.56. The van der Waals surface area contributed by atoms with Gasteiger partial charge in [-0.1, -0.05) is 6.92 Å². The third-order valence-corrected chi connectivity index (χ3v) is 2.22. The fraction of sp³-hybridized carbons (Fsp3) is 0.857. The average Bonchev–Trinajstić information content (AvgIpc) is 2.16. The fourth-order valence-corrected chi connectivity index (χ4v) is 1.12. The first-order chi connectivity index (χ1) is 4.15. The Kier molecular flexibility index (Phi) is 1.58. The van der Waals surface area contributed by atoms with Gasteiger partial charge in [0.1, 0.15) is 5.78 Å². The van der Waals surface area contributed by atoms with Crippen molar-refractivity contribution in [2.75, 3.05) is 13.1 Å². The Labute approximate surface area is 55.6 Å². The number of ketones is 1. The summed E-state index contributed by atoms with van der Waals surface area (Å²) in [6.07, 6.45) is 1.00. The van der Waals surface area contributed by atoms with E-state index >= 15 is 0 Å². The molecule has 2 heteroatoms. The van der Waals surface area contributed by atoms with E-state index in [-0.39, 0.29) is 5.41 Å². The minimum Gasteiger partial charge on any atom is -0.316 e. The lowest BCUT2D eigenvalue weighted by atomic mass is 9.86. The van der Waals surface area contributed by atoms with Gasteiger partial charge < -0.3 is 5.32 Å². The minimum absolute atomic E-state index is 0.0556. The summed E-state index contributed by atoms with van der Waals surface area (Å²) in [5.74, 6) is 0.313. The molecule has 1 unspecified atom stereocenters. The lowest BCUT2D eigenvalue weighted by molar-refractivity contribution is -0.124. The minimum atomic E-state index is -0.0556. The van der Waals surface area contributed by atoms with Gasteiger partial charge in [-0.2, -0.15) is 0 Å². The van der Waals surface area contributed by atoms with E-state index in [9.17, 15) is 4.79 Å².